The zero-order valence-corrected chi connectivity index (χ0v) is 7.97. The van der Waals surface area contributed by atoms with Crippen LogP contribution in [0.2, 0.25) is 5.02 Å². The Labute approximate surface area is 82.2 Å². The fraction of sp³-hybridized carbons (Fsp3) is 0.400. The fourth-order valence-corrected chi connectivity index (χ4v) is 1.24. The number of alkyl halides is 1. The summed E-state index contributed by atoms with van der Waals surface area (Å²) in [4.78, 5) is 0. The molecular formula is C10H12ClFO. The zero-order chi connectivity index (χ0) is 9.68. The average Bonchev–Trinajstić information content (AvgIpc) is 2.09. The number of hydrogen-bond donors (Lipinski definition) is 1. The molecule has 0 aliphatic rings. The lowest BCUT2D eigenvalue weighted by atomic mass is 10.1. The molecule has 1 unspecified atom stereocenters. The molecule has 0 spiro atoms. The molecule has 13 heavy (non-hydrogen) atoms. The normalized spacial score (nSPS) is 12.8. The van der Waals surface area contributed by atoms with Crippen LogP contribution in [0.3, 0.4) is 0 Å². The molecule has 0 saturated heterocycles. The molecule has 0 amide bonds. The second-order valence-electron chi connectivity index (χ2n) is 2.94. The van der Waals surface area contributed by atoms with Crippen molar-refractivity contribution in [1.29, 1.82) is 0 Å². The Morgan fingerprint density at radius 3 is 2.46 bits per heavy atom. The van der Waals surface area contributed by atoms with Gasteiger partial charge >= 0.3 is 0 Å². The van der Waals surface area contributed by atoms with Crippen molar-refractivity contribution < 1.29 is 9.50 Å². The average molecular weight is 203 g/mol. The molecule has 1 N–H and O–H groups in total. The third-order valence-electron chi connectivity index (χ3n) is 1.81. The van der Waals surface area contributed by atoms with Gasteiger partial charge in [-0.15, -0.1) is 0 Å². The van der Waals surface area contributed by atoms with Crippen LogP contribution in [0.5, 0.6) is 0 Å². The van der Waals surface area contributed by atoms with Crippen LogP contribution in [-0.4, -0.2) is 17.9 Å². The van der Waals surface area contributed by atoms with E-state index in [4.69, 9.17) is 16.7 Å². The SMILES string of the molecule is OCCC(F)Cc1ccc(Cl)cc1. The first kappa shape index (κ1) is 10.5. The molecule has 3 heteroatoms. The summed E-state index contributed by atoms with van der Waals surface area (Å²) in [6, 6.07) is 7.07. The van der Waals surface area contributed by atoms with E-state index in [1.54, 1.807) is 24.3 Å². The van der Waals surface area contributed by atoms with Crippen molar-refractivity contribution >= 4 is 11.6 Å². The van der Waals surface area contributed by atoms with Gasteiger partial charge in [-0.1, -0.05) is 23.7 Å². The van der Waals surface area contributed by atoms with Crippen LogP contribution in [0.1, 0.15) is 12.0 Å². The quantitative estimate of drug-likeness (QED) is 0.796. The van der Waals surface area contributed by atoms with E-state index in [9.17, 15) is 4.39 Å². The predicted octanol–water partition coefficient (Wildman–Crippen LogP) is 2.60. The van der Waals surface area contributed by atoms with Crippen molar-refractivity contribution in [2.45, 2.75) is 19.0 Å². The van der Waals surface area contributed by atoms with Crippen LogP contribution in [0.25, 0.3) is 0 Å². The third kappa shape index (κ3) is 3.75. The van der Waals surface area contributed by atoms with E-state index in [1.165, 1.54) is 0 Å². The van der Waals surface area contributed by atoms with Crippen LogP contribution in [-0.2, 0) is 6.42 Å². The van der Waals surface area contributed by atoms with Gasteiger partial charge in [0, 0.05) is 24.5 Å². The highest BCUT2D eigenvalue weighted by molar-refractivity contribution is 6.30. The van der Waals surface area contributed by atoms with Gasteiger partial charge in [-0.05, 0) is 17.7 Å². The molecule has 1 aromatic carbocycles. The summed E-state index contributed by atoms with van der Waals surface area (Å²) in [7, 11) is 0. The first-order valence-electron chi connectivity index (χ1n) is 4.21. The number of benzene rings is 1. The van der Waals surface area contributed by atoms with E-state index in [-0.39, 0.29) is 13.0 Å². The van der Waals surface area contributed by atoms with Crippen molar-refractivity contribution in [3.05, 3.63) is 34.9 Å². The molecule has 0 aromatic heterocycles. The summed E-state index contributed by atoms with van der Waals surface area (Å²) in [5.41, 5.74) is 0.908. The first-order valence-corrected chi connectivity index (χ1v) is 4.59. The molecule has 0 bridgehead atoms. The second kappa shape index (κ2) is 5.20. The maximum Gasteiger partial charge on any atom is 0.106 e. The van der Waals surface area contributed by atoms with Crippen LogP contribution in [0.4, 0.5) is 4.39 Å². The second-order valence-corrected chi connectivity index (χ2v) is 3.38. The molecule has 0 saturated carbocycles. The molecule has 1 nitrogen and oxygen atoms in total. The minimum absolute atomic E-state index is 0.102. The summed E-state index contributed by atoms with van der Waals surface area (Å²) in [5, 5.41) is 9.15. The minimum Gasteiger partial charge on any atom is -0.396 e. The zero-order valence-electron chi connectivity index (χ0n) is 7.21. The van der Waals surface area contributed by atoms with Gasteiger partial charge in [0.05, 0.1) is 0 Å². The molecule has 1 rings (SSSR count). The Kier molecular flexibility index (Phi) is 4.19. The van der Waals surface area contributed by atoms with Gasteiger partial charge in [-0.3, -0.25) is 0 Å². The number of halogens is 2. The van der Waals surface area contributed by atoms with Crippen molar-refractivity contribution in [2.24, 2.45) is 0 Å². The summed E-state index contributed by atoms with van der Waals surface area (Å²) in [6.45, 7) is -0.102. The fourth-order valence-electron chi connectivity index (χ4n) is 1.12. The first-order chi connectivity index (χ1) is 6.22. The van der Waals surface area contributed by atoms with Gasteiger partial charge in [0.15, 0.2) is 0 Å². The highest BCUT2D eigenvalue weighted by atomic mass is 35.5. The lowest BCUT2D eigenvalue weighted by Crippen LogP contribution is -2.06. The minimum atomic E-state index is -0.967. The maximum atomic E-state index is 13.0. The molecule has 0 radical (unpaired) electrons. The molecule has 0 fully saturated rings. The van der Waals surface area contributed by atoms with Crippen molar-refractivity contribution in [1.82, 2.24) is 0 Å². The topological polar surface area (TPSA) is 20.2 Å². The van der Waals surface area contributed by atoms with Gasteiger partial charge in [0.1, 0.15) is 6.17 Å². The smallest absolute Gasteiger partial charge is 0.106 e. The molecule has 1 aromatic rings. The highest BCUT2D eigenvalue weighted by Crippen LogP contribution is 2.13. The highest BCUT2D eigenvalue weighted by Gasteiger charge is 2.06. The van der Waals surface area contributed by atoms with E-state index >= 15 is 0 Å². The number of hydrogen-bond acceptors (Lipinski definition) is 1. The predicted molar refractivity (Wildman–Crippen MR) is 51.8 cm³/mol. The van der Waals surface area contributed by atoms with Gasteiger partial charge in [0.25, 0.3) is 0 Å². The summed E-state index contributed by atoms with van der Waals surface area (Å²) < 4.78 is 13.0. The van der Waals surface area contributed by atoms with Crippen LogP contribution >= 0.6 is 11.6 Å². The van der Waals surface area contributed by atoms with Gasteiger partial charge in [-0.25, -0.2) is 4.39 Å². The van der Waals surface area contributed by atoms with Crippen LogP contribution < -0.4 is 0 Å². The van der Waals surface area contributed by atoms with Crippen molar-refractivity contribution in [3.63, 3.8) is 0 Å². The molecule has 72 valence electrons. The van der Waals surface area contributed by atoms with Crippen LogP contribution in [0, 0.1) is 0 Å². The standard InChI is InChI=1S/C10H12ClFO/c11-9-3-1-8(2-4-9)7-10(12)5-6-13/h1-4,10,13H,5-7H2. The Morgan fingerprint density at radius 2 is 1.92 bits per heavy atom. The number of aliphatic hydroxyl groups excluding tert-OH is 1. The van der Waals surface area contributed by atoms with E-state index in [1.807, 2.05) is 0 Å². The van der Waals surface area contributed by atoms with Gasteiger partial charge in [-0.2, -0.15) is 0 Å². The van der Waals surface area contributed by atoms with E-state index in [0.29, 0.717) is 11.4 Å². The molecule has 0 heterocycles. The van der Waals surface area contributed by atoms with Crippen molar-refractivity contribution in [2.75, 3.05) is 6.61 Å². The monoisotopic (exact) mass is 202 g/mol. The van der Waals surface area contributed by atoms with Gasteiger partial charge < -0.3 is 5.11 Å². The molecule has 0 aliphatic carbocycles. The summed E-state index contributed by atoms with van der Waals surface area (Å²) in [5.74, 6) is 0. The van der Waals surface area contributed by atoms with E-state index in [2.05, 4.69) is 0 Å². The Bertz CT molecular complexity index is 248. The Balaban J connectivity index is 2.49. The lowest BCUT2D eigenvalue weighted by molar-refractivity contribution is 0.219. The Morgan fingerprint density at radius 1 is 1.31 bits per heavy atom. The molecular weight excluding hydrogens is 191 g/mol. The Hall–Kier alpha value is -0.600. The van der Waals surface area contributed by atoms with E-state index < -0.39 is 6.17 Å². The molecule has 1 atom stereocenters. The molecule has 0 aliphatic heterocycles. The third-order valence-corrected chi connectivity index (χ3v) is 2.06. The lowest BCUT2D eigenvalue weighted by Gasteiger charge is -2.05. The maximum absolute atomic E-state index is 13.0. The summed E-state index contributed by atoms with van der Waals surface area (Å²) >= 11 is 5.68. The van der Waals surface area contributed by atoms with E-state index in [0.717, 1.165) is 5.56 Å². The van der Waals surface area contributed by atoms with Crippen LogP contribution in [0.15, 0.2) is 24.3 Å². The van der Waals surface area contributed by atoms with Gasteiger partial charge in [0.2, 0.25) is 0 Å². The van der Waals surface area contributed by atoms with Crippen molar-refractivity contribution in [3.8, 4) is 0 Å². The number of aliphatic hydroxyl groups is 1. The largest absolute Gasteiger partial charge is 0.396 e. The summed E-state index contributed by atoms with van der Waals surface area (Å²) in [6.07, 6.45) is -0.424. The number of rotatable bonds is 4.